The average Bonchev–Trinajstić information content (AvgIpc) is 2.88. The normalized spacial score (nSPS) is 22.8. The van der Waals surface area contributed by atoms with Crippen LogP contribution in [0.2, 0.25) is 0 Å². The Morgan fingerprint density at radius 1 is 1.21 bits per heavy atom. The summed E-state index contributed by atoms with van der Waals surface area (Å²) in [5, 5.41) is 0. The van der Waals surface area contributed by atoms with Crippen LogP contribution in [0.3, 0.4) is 0 Å². The third-order valence-electron chi connectivity index (χ3n) is 5.76. The van der Waals surface area contributed by atoms with E-state index in [0.29, 0.717) is 23.8 Å². The summed E-state index contributed by atoms with van der Waals surface area (Å²) in [4.78, 5) is 24.3. The summed E-state index contributed by atoms with van der Waals surface area (Å²) in [5.74, 6) is 1.09. The number of carbonyl (C=O) groups excluding carboxylic acids is 1. The standard InChI is InChI=1S/C18H30N4O2/c1-5-15-19-14(2)16(24-15)17(23)22-10-6-9-21(4)18(13-22)7-11-20(3)12-8-18/h5-13H2,1-4H3. The zero-order valence-electron chi connectivity index (χ0n) is 15.5. The number of amides is 1. The molecule has 134 valence electrons. The Balaban J connectivity index is 1.82. The summed E-state index contributed by atoms with van der Waals surface area (Å²) < 4.78 is 5.71. The predicted molar refractivity (Wildman–Crippen MR) is 93.2 cm³/mol. The summed E-state index contributed by atoms with van der Waals surface area (Å²) in [6.07, 6.45) is 3.94. The van der Waals surface area contributed by atoms with Gasteiger partial charge in [-0.05, 0) is 53.4 Å². The van der Waals surface area contributed by atoms with Gasteiger partial charge in [0.2, 0.25) is 5.76 Å². The van der Waals surface area contributed by atoms with Crippen LogP contribution in [-0.2, 0) is 6.42 Å². The highest BCUT2D eigenvalue weighted by Crippen LogP contribution is 2.31. The molecule has 0 bridgehead atoms. The van der Waals surface area contributed by atoms with E-state index in [-0.39, 0.29) is 11.4 Å². The number of likely N-dealkylation sites (tertiary alicyclic amines) is 1. The fraction of sp³-hybridized carbons (Fsp3) is 0.778. The van der Waals surface area contributed by atoms with E-state index in [1.165, 1.54) is 0 Å². The van der Waals surface area contributed by atoms with Crippen molar-refractivity contribution < 1.29 is 9.21 Å². The van der Waals surface area contributed by atoms with Gasteiger partial charge in [-0.3, -0.25) is 9.69 Å². The van der Waals surface area contributed by atoms with Crippen molar-refractivity contribution in [3.63, 3.8) is 0 Å². The molecular weight excluding hydrogens is 304 g/mol. The first kappa shape index (κ1) is 17.4. The van der Waals surface area contributed by atoms with Gasteiger partial charge in [0, 0.05) is 31.6 Å². The minimum Gasteiger partial charge on any atom is -0.435 e. The van der Waals surface area contributed by atoms with E-state index in [0.717, 1.165) is 52.0 Å². The maximum absolute atomic E-state index is 13.1. The van der Waals surface area contributed by atoms with Crippen molar-refractivity contribution in [3.05, 3.63) is 17.3 Å². The van der Waals surface area contributed by atoms with Crippen molar-refractivity contribution in [2.75, 3.05) is 46.8 Å². The topological polar surface area (TPSA) is 52.8 Å². The minimum absolute atomic E-state index is 0.00769. The van der Waals surface area contributed by atoms with Crippen LogP contribution in [0.15, 0.2) is 4.42 Å². The molecule has 2 saturated heterocycles. The number of rotatable bonds is 2. The molecule has 0 radical (unpaired) electrons. The Morgan fingerprint density at radius 3 is 2.54 bits per heavy atom. The quantitative estimate of drug-likeness (QED) is 0.825. The van der Waals surface area contributed by atoms with E-state index in [2.05, 4.69) is 28.9 Å². The SMILES string of the molecule is CCc1nc(C)c(C(=O)N2CCCN(C)C3(CCN(C)CC3)C2)o1. The van der Waals surface area contributed by atoms with E-state index >= 15 is 0 Å². The highest BCUT2D eigenvalue weighted by atomic mass is 16.4. The maximum Gasteiger partial charge on any atom is 0.291 e. The molecule has 2 aliphatic heterocycles. The van der Waals surface area contributed by atoms with Gasteiger partial charge >= 0.3 is 0 Å². The van der Waals surface area contributed by atoms with Gasteiger partial charge in [0.25, 0.3) is 5.91 Å². The number of carbonyl (C=O) groups is 1. The van der Waals surface area contributed by atoms with Gasteiger partial charge in [-0.2, -0.15) is 0 Å². The van der Waals surface area contributed by atoms with Gasteiger partial charge in [-0.25, -0.2) is 4.98 Å². The number of piperidine rings is 1. The molecule has 1 aromatic rings. The lowest BCUT2D eigenvalue weighted by atomic mass is 9.85. The number of likely N-dealkylation sites (N-methyl/N-ethyl adjacent to an activating group) is 1. The van der Waals surface area contributed by atoms with E-state index in [9.17, 15) is 4.79 Å². The van der Waals surface area contributed by atoms with Gasteiger partial charge in [-0.15, -0.1) is 0 Å². The van der Waals surface area contributed by atoms with E-state index in [4.69, 9.17) is 4.42 Å². The van der Waals surface area contributed by atoms with Crippen LogP contribution < -0.4 is 0 Å². The average molecular weight is 334 g/mol. The Hall–Kier alpha value is -1.40. The number of oxazole rings is 1. The van der Waals surface area contributed by atoms with Crippen molar-refractivity contribution in [3.8, 4) is 0 Å². The van der Waals surface area contributed by atoms with Crippen molar-refractivity contribution >= 4 is 5.91 Å². The summed E-state index contributed by atoms with van der Waals surface area (Å²) in [6.45, 7) is 8.67. The zero-order chi connectivity index (χ0) is 17.3. The molecule has 2 aliphatic rings. The molecule has 0 atom stereocenters. The van der Waals surface area contributed by atoms with Crippen LogP contribution in [0.25, 0.3) is 0 Å². The van der Waals surface area contributed by atoms with Crippen LogP contribution >= 0.6 is 0 Å². The van der Waals surface area contributed by atoms with Crippen LogP contribution in [0.4, 0.5) is 0 Å². The molecular formula is C18H30N4O2. The molecule has 3 rings (SSSR count). The molecule has 1 amide bonds. The Bertz CT molecular complexity index is 590. The molecule has 2 fully saturated rings. The number of aryl methyl sites for hydroxylation is 2. The first-order valence-electron chi connectivity index (χ1n) is 9.10. The largest absolute Gasteiger partial charge is 0.435 e. The van der Waals surface area contributed by atoms with Crippen LogP contribution in [0.5, 0.6) is 0 Å². The molecule has 0 saturated carbocycles. The maximum atomic E-state index is 13.1. The van der Waals surface area contributed by atoms with Gasteiger partial charge in [0.05, 0.1) is 5.69 Å². The molecule has 6 nitrogen and oxygen atoms in total. The summed E-state index contributed by atoms with van der Waals surface area (Å²) in [5.41, 5.74) is 0.812. The number of nitrogens with zero attached hydrogens (tertiary/aromatic N) is 4. The summed E-state index contributed by atoms with van der Waals surface area (Å²) >= 11 is 0. The van der Waals surface area contributed by atoms with Crippen LogP contribution in [0, 0.1) is 6.92 Å². The Morgan fingerprint density at radius 2 is 1.92 bits per heavy atom. The van der Waals surface area contributed by atoms with Gasteiger partial charge in [-0.1, -0.05) is 6.92 Å². The van der Waals surface area contributed by atoms with Crippen molar-refractivity contribution in [2.24, 2.45) is 0 Å². The second-order valence-electron chi connectivity index (χ2n) is 7.41. The smallest absolute Gasteiger partial charge is 0.291 e. The Labute approximate surface area is 144 Å². The third kappa shape index (κ3) is 3.22. The third-order valence-corrected chi connectivity index (χ3v) is 5.76. The van der Waals surface area contributed by atoms with Gasteiger partial charge < -0.3 is 14.2 Å². The van der Waals surface area contributed by atoms with Crippen molar-refractivity contribution in [1.82, 2.24) is 19.7 Å². The molecule has 0 aromatic carbocycles. The second-order valence-corrected chi connectivity index (χ2v) is 7.41. The first-order chi connectivity index (χ1) is 11.4. The fourth-order valence-electron chi connectivity index (χ4n) is 3.98. The van der Waals surface area contributed by atoms with Crippen molar-refractivity contribution in [1.29, 1.82) is 0 Å². The van der Waals surface area contributed by atoms with E-state index in [1.54, 1.807) is 0 Å². The lowest BCUT2D eigenvalue weighted by Gasteiger charge is -2.47. The monoisotopic (exact) mass is 334 g/mol. The molecule has 3 heterocycles. The lowest BCUT2D eigenvalue weighted by Crippen LogP contribution is -2.58. The van der Waals surface area contributed by atoms with E-state index < -0.39 is 0 Å². The predicted octanol–water partition coefficient (Wildman–Crippen LogP) is 1.79. The minimum atomic E-state index is 0.00769. The highest BCUT2D eigenvalue weighted by Gasteiger charge is 2.42. The molecule has 24 heavy (non-hydrogen) atoms. The van der Waals surface area contributed by atoms with Crippen LogP contribution in [0.1, 0.15) is 48.3 Å². The molecule has 0 unspecified atom stereocenters. The Kier molecular flexibility index (Phi) is 4.97. The first-order valence-corrected chi connectivity index (χ1v) is 9.10. The number of hydrogen-bond acceptors (Lipinski definition) is 5. The number of hydrogen-bond donors (Lipinski definition) is 0. The molecule has 0 N–H and O–H groups in total. The van der Waals surface area contributed by atoms with Crippen LogP contribution in [-0.4, -0.2) is 77.9 Å². The molecule has 6 heteroatoms. The van der Waals surface area contributed by atoms with Gasteiger partial charge in [0.1, 0.15) is 0 Å². The molecule has 1 aromatic heterocycles. The zero-order valence-corrected chi connectivity index (χ0v) is 15.5. The number of aromatic nitrogens is 1. The molecule has 0 aliphatic carbocycles. The second kappa shape index (κ2) is 6.84. The van der Waals surface area contributed by atoms with Crippen molar-refractivity contribution in [2.45, 2.75) is 45.1 Å². The summed E-state index contributed by atoms with van der Waals surface area (Å²) in [7, 11) is 4.39. The molecule has 1 spiro atoms. The summed E-state index contributed by atoms with van der Waals surface area (Å²) in [6, 6.07) is 0. The van der Waals surface area contributed by atoms with Gasteiger partial charge in [0.15, 0.2) is 5.89 Å². The lowest BCUT2D eigenvalue weighted by molar-refractivity contribution is 0.0304. The van der Waals surface area contributed by atoms with E-state index in [1.807, 2.05) is 18.7 Å². The highest BCUT2D eigenvalue weighted by molar-refractivity contribution is 5.92. The fourth-order valence-corrected chi connectivity index (χ4v) is 3.98.